The Morgan fingerprint density at radius 3 is 2.38 bits per heavy atom. The molecule has 3 aromatic rings. The topological polar surface area (TPSA) is 135 Å². The number of nitrogens with zero attached hydrogens (tertiary/aromatic N) is 3. The Labute approximate surface area is 318 Å². The number of para-hydroxylation sites is 1. The zero-order valence-electron chi connectivity index (χ0n) is 30.3. The molecule has 10 nitrogen and oxygen atoms in total. The van der Waals surface area contributed by atoms with Crippen molar-refractivity contribution in [2.24, 2.45) is 5.73 Å². The minimum Gasteiger partial charge on any atom is -0.493 e. The van der Waals surface area contributed by atoms with Crippen molar-refractivity contribution in [3.63, 3.8) is 0 Å². The Morgan fingerprint density at radius 2 is 1.73 bits per heavy atom. The molecule has 4 heterocycles. The van der Waals surface area contributed by atoms with E-state index >= 15 is 0 Å². The van der Waals surface area contributed by atoms with Crippen molar-refractivity contribution in [1.29, 1.82) is 0 Å². The van der Waals surface area contributed by atoms with Gasteiger partial charge in [0, 0.05) is 67.4 Å². The first-order chi connectivity index (χ1) is 26.0. The van der Waals surface area contributed by atoms with Crippen LogP contribution in [0, 0.1) is 0 Å². The highest BCUT2D eigenvalue weighted by Crippen LogP contribution is 2.44. The van der Waals surface area contributed by atoms with E-state index in [1.54, 1.807) is 19.1 Å². The molecule has 5 rings (SSSR count). The zero-order chi connectivity index (χ0) is 40.0. The predicted octanol–water partition coefficient (Wildman–Crippen LogP) is 7.90. The number of carboxylic acid groups (broad SMARTS) is 1. The van der Waals surface area contributed by atoms with Crippen molar-refractivity contribution < 1.29 is 55.3 Å². The van der Waals surface area contributed by atoms with Crippen LogP contribution in [0.1, 0.15) is 97.5 Å². The Balaban J connectivity index is 1.44. The molecule has 3 N–H and O–H groups in total. The van der Waals surface area contributed by atoms with E-state index in [0.717, 1.165) is 23.8 Å². The number of nitrogens with two attached hydrogens (primary N) is 1. The van der Waals surface area contributed by atoms with E-state index in [-0.39, 0.29) is 63.9 Å². The molecular formula is C38H44F6N4O6S. The fourth-order valence-electron chi connectivity index (χ4n) is 7.49. The molecule has 17 heteroatoms. The van der Waals surface area contributed by atoms with Crippen LogP contribution in [0.15, 0.2) is 54.2 Å². The molecule has 2 saturated heterocycles. The molecule has 1 aromatic carbocycles. The quantitative estimate of drug-likeness (QED) is 0.124. The van der Waals surface area contributed by atoms with Crippen LogP contribution >= 0.6 is 11.3 Å². The lowest BCUT2D eigenvalue weighted by atomic mass is 9.77. The zero-order valence-corrected chi connectivity index (χ0v) is 31.1. The number of pyridine rings is 1. The number of alkyl halides is 6. The number of aromatic nitrogens is 1. The number of hydrogen-bond donors (Lipinski definition) is 2. The maximum atomic E-state index is 14.9. The molecule has 0 aliphatic carbocycles. The molecule has 55 heavy (non-hydrogen) atoms. The van der Waals surface area contributed by atoms with Crippen LogP contribution in [0.2, 0.25) is 0 Å². The second-order valence-electron chi connectivity index (χ2n) is 14.0. The van der Waals surface area contributed by atoms with Gasteiger partial charge in [0.2, 0.25) is 5.60 Å². The number of benzene rings is 1. The van der Waals surface area contributed by atoms with Crippen LogP contribution in [-0.2, 0) is 27.5 Å². The van der Waals surface area contributed by atoms with Crippen LogP contribution in [0.3, 0.4) is 0 Å². The third-order valence-electron chi connectivity index (χ3n) is 10.2. The van der Waals surface area contributed by atoms with Gasteiger partial charge in [0.05, 0.1) is 23.8 Å². The molecule has 0 radical (unpaired) electrons. The average Bonchev–Trinajstić information content (AvgIpc) is 3.62. The molecule has 0 spiro atoms. The number of carboxylic acids is 1. The summed E-state index contributed by atoms with van der Waals surface area (Å²) in [5.41, 5.74) is 2.92. The summed E-state index contributed by atoms with van der Waals surface area (Å²) >= 11 is 0.383. The fraction of sp³-hybridized carbons (Fsp3) is 0.526. The van der Waals surface area contributed by atoms with Crippen LogP contribution in [0.5, 0.6) is 11.5 Å². The molecule has 2 fully saturated rings. The van der Waals surface area contributed by atoms with Gasteiger partial charge in [0.25, 0.3) is 11.8 Å². The Bertz CT molecular complexity index is 1810. The molecule has 300 valence electrons. The van der Waals surface area contributed by atoms with E-state index in [9.17, 15) is 40.7 Å². The highest BCUT2D eigenvalue weighted by atomic mass is 32.1. The Kier molecular flexibility index (Phi) is 13.1. The van der Waals surface area contributed by atoms with E-state index in [4.69, 9.17) is 20.3 Å². The van der Waals surface area contributed by atoms with E-state index in [1.807, 2.05) is 12.1 Å². The molecule has 2 amide bonds. The third kappa shape index (κ3) is 9.54. The minimum atomic E-state index is -4.88. The highest BCUT2D eigenvalue weighted by molar-refractivity contribution is 7.10. The number of piperidine rings is 2. The number of halogens is 6. The van der Waals surface area contributed by atoms with Gasteiger partial charge in [-0.2, -0.15) is 26.3 Å². The van der Waals surface area contributed by atoms with Crippen LogP contribution in [0.4, 0.5) is 26.3 Å². The summed E-state index contributed by atoms with van der Waals surface area (Å²) in [5.74, 6) is -2.16. The predicted molar refractivity (Wildman–Crippen MR) is 191 cm³/mol. The molecule has 0 bridgehead atoms. The number of aliphatic carboxylic acids is 1. The number of unbranched alkanes of at least 4 members (excludes halogenated alkanes) is 2. The molecule has 2 aromatic heterocycles. The molecular weight excluding hydrogens is 754 g/mol. The van der Waals surface area contributed by atoms with Crippen molar-refractivity contribution in [3.05, 3.63) is 75.7 Å². The molecule has 0 saturated carbocycles. The number of amides is 2. The lowest BCUT2D eigenvalue weighted by Crippen LogP contribution is -2.69. The Hall–Kier alpha value is -4.38. The summed E-state index contributed by atoms with van der Waals surface area (Å²) in [6.07, 6.45) is -4.83. The molecule has 0 unspecified atom stereocenters. The second-order valence-corrected chi connectivity index (χ2v) is 14.9. The minimum absolute atomic E-state index is 0.00987. The van der Waals surface area contributed by atoms with Crippen LogP contribution in [0.25, 0.3) is 0 Å². The molecule has 2 aliphatic rings. The summed E-state index contributed by atoms with van der Waals surface area (Å²) in [7, 11) is 0. The lowest BCUT2D eigenvalue weighted by molar-refractivity contribution is -0.161. The van der Waals surface area contributed by atoms with Gasteiger partial charge in [0.1, 0.15) is 16.4 Å². The average molecular weight is 799 g/mol. The van der Waals surface area contributed by atoms with Crippen LogP contribution < -0.4 is 15.2 Å². The molecule has 2 aliphatic heterocycles. The summed E-state index contributed by atoms with van der Waals surface area (Å²) in [6.45, 7) is 2.30. The first-order valence-corrected chi connectivity index (χ1v) is 19.1. The van der Waals surface area contributed by atoms with E-state index in [0.29, 0.717) is 61.0 Å². The van der Waals surface area contributed by atoms with E-state index in [1.165, 1.54) is 9.80 Å². The van der Waals surface area contributed by atoms with Gasteiger partial charge in [-0.1, -0.05) is 31.5 Å². The standard InChI is InChI=1S/C38H44F6N4O6S/c1-2-9-30-36(54-25-22-31(55-24-25)38(42,43)44,14-8-18-48(30)33(51)26-23-46-17-13-27(26)37(39,40)41)34(52)47-19-15-35(45,16-20-47)28-10-5-6-11-29(28)53-21-7-3-4-12-32(49)50/h5-6,10-11,13,17,22-24,30H,2-4,7-9,12,14-16,18-21,45H2,1H3,(H,49,50)/t30-,36+/m1/s1. The number of thiophene rings is 1. The summed E-state index contributed by atoms with van der Waals surface area (Å²) < 4.78 is 95.7. The monoisotopic (exact) mass is 798 g/mol. The van der Waals surface area contributed by atoms with E-state index in [2.05, 4.69) is 4.98 Å². The number of carbonyl (C=O) groups is 3. The van der Waals surface area contributed by atoms with Crippen LogP contribution in [-0.4, -0.2) is 75.6 Å². The maximum Gasteiger partial charge on any atom is 0.425 e. The number of rotatable bonds is 14. The highest BCUT2D eigenvalue weighted by Gasteiger charge is 2.56. The second kappa shape index (κ2) is 17.2. The fourth-order valence-corrected chi connectivity index (χ4v) is 8.17. The summed E-state index contributed by atoms with van der Waals surface area (Å²) in [5, 5.41) is 10.0. The Morgan fingerprint density at radius 1 is 1.00 bits per heavy atom. The van der Waals surface area contributed by atoms with Crippen molar-refractivity contribution >= 4 is 29.1 Å². The van der Waals surface area contributed by atoms with Crippen molar-refractivity contribution in [2.45, 2.75) is 101 Å². The first-order valence-electron chi connectivity index (χ1n) is 18.2. The van der Waals surface area contributed by atoms with Gasteiger partial charge in [-0.15, -0.1) is 11.3 Å². The van der Waals surface area contributed by atoms with E-state index < -0.39 is 63.3 Å². The van der Waals surface area contributed by atoms with Gasteiger partial charge >= 0.3 is 18.3 Å². The van der Waals surface area contributed by atoms with Gasteiger partial charge in [-0.25, -0.2) is 0 Å². The van der Waals surface area contributed by atoms with Crippen molar-refractivity contribution in [3.8, 4) is 11.5 Å². The number of carbonyl (C=O) groups excluding carboxylic acids is 2. The summed E-state index contributed by atoms with van der Waals surface area (Å²) in [6, 6.07) is 7.58. The lowest BCUT2D eigenvalue weighted by Gasteiger charge is -2.51. The van der Waals surface area contributed by atoms with Crippen molar-refractivity contribution in [2.75, 3.05) is 26.2 Å². The SMILES string of the molecule is CCC[C@H]1N(C(=O)c2cnccc2C(F)(F)F)CCC[C@@]1(Oc1csc(C(F)(F)F)c1)C(=O)N1CCC(N)(c2ccccc2OCCCCCC(=O)O)CC1. The van der Waals surface area contributed by atoms with Gasteiger partial charge in [-0.05, 0) is 57.1 Å². The smallest absolute Gasteiger partial charge is 0.425 e. The number of hydrogen-bond acceptors (Lipinski definition) is 8. The number of likely N-dealkylation sites (tertiary alicyclic amines) is 2. The normalized spacial score (nSPS) is 20.3. The van der Waals surface area contributed by atoms with Crippen molar-refractivity contribution in [1.82, 2.24) is 14.8 Å². The summed E-state index contributed by atoms with van der Waals surface area (Å²) in [4.78, 5) is 45.3. The largest absolute Gasteiger partial charge is 0.493 e. The molecule has 2 atom stereocenters. The first kappa shape index (κ1) is 41.8. The maximum absolute atomic E-state index is 14.9. The third-order valence-corrected chi connectivity index (χ3v) is 11.2. The van der Waals surface area contributed by atoms with Gasteiger partial charge in [-0.3, -0.25) is 19.4 Å². The van der Waals surface area contributed by atoms with Gasteiger partial charge in [0.15, 0.2) is 0 Å². The van der Waals surface area contributed by atoms with Gasteiger partial charge < -0.3 is 30.1 Å². The number of ether oxygens (including phenoxy) is 2.